The molecule has 0 aromatic heterocycles. The van der Waals surface area contributed by atoms with Gasteiger partial charge in [-0.15, -0.1) is 0 Å². The largest absolute Gasteiger partial charge is 0.304 e. The Kier molecular flexibility index (Phi) is 6.02. The predicted octanol–water partition coefficient (Wildman–Crippen LogP) is 2.84. The molecule has 1 fully saturated rings. The van der Waals surface area contributed by atoms with Gasteiger partial charge in [0.2, 0.25) is 0 Å². The number of nitrogens with zero attached hydrogens (tertiary/aromatic N) is 2. The molecule has 1 aromatic rings. The van der Waals surface area contributed by atoms with Crippen LogP contribution in [0.2, 0.25) is 0 Å². The normalized spacial score (nSPS) is 19.1. The summed E-state index contributed by atoms with van der Waals surface area (Å²) in [5, 5.41) is 2.36. The second-order valence-corrected chi connectivity index (χ2v) is 5.99. The molecule has 0 amide bonds. The number of hydrazine groups is 1. The molecule has 112 valence electrons. The van der Waals surface area contributed by atoms with Gasteiger partial charge in [0.15, 0.2) is 0 Å². The van der Waals surface area contributed by atoms with Crippen LogP contribution >= 0.6 is 0 Å². The topological polar surface area (TPSA) is 18.5 Å². The van der Waals surface area contributed by atoms with E-state index in [4.69, 9.17) is 0 Å². The molecule has 20 heavy (non-hydrogen) atoms. The van der Waals surface area contributed by atoms with Gasteiger partial charge in [-0.2, -0.15) is 0 Å². The molecule has 1 heterocycles. The molecular weight excluding hydrogens is 246 g/mol. The summed E-state index contributed by atoms with van der Waals surface area (Å²) in [5.41, 5.74) is 6.46. The summed E-state index contributed by atoms with van der Waals surface area (Å²) in [6.45, 7) is 9.01. The van der Waals surface area contributed by atoms with E-state index >= 15 is 0 Å². The molecule has 0 radical (unpaired) electrons. The lowest BCUT2D eigenvalue weighted by molar-refractivity contribution is 0.0899. The van der Waals surface area contributed by atoms with Crippen molar-refractivity contribution in [3.63, 3.8) is 0 Å². The van der Waals surface area contributed by atoms with Gasteiger partial charge >= 0.3 is 0 Å². The van der Waals surface area contributed by atoms with Crippen molar-refractivity contribution >= 4 is 0 Å². The van der Waals surface area contributed by atoms with Gasteiger partial charge in [0.05, 0.1) is 0 Å². The predicted molar refractivity (Wildman–Crippen MR) is 85.7 cm³/mol. The maximum Gasteiger partial charge on any atom is 0.0436 e. The summed E-state index contributed by atoms with van der Waals surface area (Å²) in [5.74, 6) is 0. The Labute approximate surface area is 123 Å². The molecule has 1 aliphatic rings. The smallest absolute Gasteiger partial charge is 0.0436 e. The first-order valence-corrected chi connectivity index (χ1v) is 7.97. The number of unbranched alkanes of at least 4 members (excludes halogenated alkanes) is 1. The number of hydrogen-bond acceptors (Lipinski definition) is 3. The number of hydrogen-bond donors (Lipinski definition) is 1. The summed E-state index contributed by atoms with van der Waals surface area (Å²) < 4.78 is 0. The van der Waals surface area contributed by atoms with Crippen molar-refractivity contribution in [3.05, 3.63) is 35.4 Å². The van der Waals surface area contributed by atoms with Gasteiger partial charge in [0.25, 0.3) is 0 Å². The van der Waals surface area contributed by atoms with Gasteiger partial charge in [-0.3, -0.25) is 0 Å². The van der Waals surface area contributed by atoms with Gasteiger partial charge in [-0.05, 0) is 37.9 Å². The third kappa shape index (κ3) is 4.58. The minimum absolute atomic E-state index is 0.388. The van der Waals surface area contributed by atoms with Crippen LogP contribution in [0.1, 0.15) is 43.9 Å². The highest BCUT2D eigenvalue weighted by Gasteiger charge is 2.16. The Hall–Kier alpha value is -0.900. The first kappa shape index (κ1) is 15.5. The van der Waals surface area contributed by atoms with Crippen molar-refractivity contribution in [1.82, 2.24) is 15.3 Å². The highest BCUT2D eigenvalue weighted by Crippen LogP contribution is 2.15. The van der Waals surface area contributed by atoms with Crippen molar-refractivity contribution in [2.24, 2.45) is 0 Å². The van der Waals surface area contributed by atoms with Crippen LogP contribution in [0.3, 0.4) is 0 Å². The van der Waals surface area contributed by atoms with E-state index in [1.165, 1.54) is 30.4 Å². The molecular formula is C17H29N3. The van der Waals surface area contributed by atoms with E-state index in [2.05, 4.69) is 60.5 Å². The molecule has 1 aromatic carbocycles. The molecule has 1 saturated heterocycles. The molecule has 1 atom stereocenters. The van der Waals surface area contributed by atoms with Crippen LogP contribution in [0, 0.1) is 0 Å². The van der Waals surface area contributed by atoms with Gasteiger partial charge in [0.1, 0.15) is 0 Å². The number of rotatable bonds is 6. The highest BCUT2D eigenvalue weighted by molar-refractivity contribution is 5.24. The van der Waals surface area contributed by atoms with E-state index < -0.39 is 0 Å². The minimum atomic E-state index is 0.388. The fraction of sp³-hybridized carbons (Fsp3) is 0.647. The van der Waals surface area contributed by atoms with Crippen LogP contribution in [0.15, 0.2) is 24.3 Å². The second kappa shape index (κ2) is 7.77. The lowest BCUT2D eigenvalue weighted by Crippen LogP contribution is -2.51. The summed E-state index contributed by atoms with van der Waals surface area (Å²) in [4.78, 5) is 2.38. The quantitative estimate of drug-likeness (QED) is 0.861. The molecule has 1 unspecified atom stereocenters. The SMILES string of the molecule is CCCCc1ccc(C(C)NN2CCN(C)CC2)cc1. The van der Waals surface area contributed by atoms with E-state index in [9.17, 15) is 0 Å². The molecule has 0 spiro atoms. The van der Waals surface area contributed by atoms with Crippen molar-refractivity contribution in [2.75, 3.05) is 33.2 Å². The van der Waals surface area contributed by atoms with Crippen molar-refractivity contribution < 1.29 is 0 Å². The third-order valence-electron chi connectivity index (χ3n) is 4.18. The van der Waals surface area contributed by atoms with Crippen molar-refractivity contribution in [3.8, 4) is 0 Å². The number of benzene rings is 1. The molecule has 0 bridgehead atoms. The standard InChI is InChI=1S/C17H29N3/c1-4-5-6-16-7-9-17(10-8-16)15(2)18-20-13-11-19(3)12-14-20/h7-10,15,18H,4-6,11-14H2,1-3H3. The Balaban J connectivity index is 1.84. The van der Waals surface area contributed by atoms with Gasteiger partial charge in [-0.25, -0.2) is 10.4 Å². The maximum absolute atomic E-state index is 3.62. The Morgan fingerprint density at radius 1 is 1.10 bits per heavy atom. The van der Waals surface area contributed by atoms with Crippen LogP contribution < -0.4 is 5.43 Å². The summed E-state index contributed by atoms with van der Waals surface area (Å²) in [6.07, 6.45) is 3.76. The van der Waals surface area contributed by atoms with Crippen LogP contribution in [0.5, 0.6) is 0 Å². The van der Waals surface area contributed by atoms with Crippen molar-refractivity contribution in [2.45, 2.75) is 39.2 Å². The first-order chi connectivity index (χ1) is 9.69. The fourth-order valence-corrected chi connectivity index (χ4v) is 2.64. The number of piperazine rings is 1. The average molecular weight is 275 g/mol. The van der Waals surface area contributed by atoms with Crippen LogP contribution in [0.4, 0.5) is 0 Å². The molecule has 0 aliphatic carbocycles. The van der Waals surface area contributed by atoms with Gasteiger partial charge in [-0.1, -0.05) is 37.6 Å². The Morgan fingerprint density at radius 2 is 1.75 bits per heavy atom. The van der Waals surface area contributed by atoms with Crippen molar-refractivity contribution in [1.29, 1.82) is 0 Å². The first-order valence-electron chi connectivity index (χ1n) is 7.97. The highest BCUT2D eigenvalue weighted by atomic mass is 15.5. The zero-order valence-corrected chi connectivity index (χ0v) is 13.2. The average Bonchev–Trinajstić information content (AvgIpc) is 2.48. The molecule has 2 rings (SSSR count). The van der Waals surface area contributed by atoms with E-state index in [1.807, 2.05) is 0 Å². The van der Waals surface area contributed by atoms with Crippen LogP contribution in [-0.4, -0.2) is 43.1 Å². The summed E-state index contributed by atoms with van der Waals surface area (Å²) in [6, 6.07) is 9.51. The number of likely N-dealkylation sites (N-methyl/N-ethyl adjacent to an activating group) is 1. The number of nitrogens with one attached hydrogen (secondary N) is 1. The maximum atomic E-state index is 3.62. The third-order valence-corrected chi connectivity index (χ3v) is 4.18. The fourth-order valence-electron chi connectivity index (χ4n) is 2.64. The molecule has 1 N–H and O–H groups in total. The second-order valence-electron chi connectivity index (χ2n) is 5.99. The lowest BCUT2D eigenvalue weighted by Gasteiger charge is -2.34. The molecule has 1 aliphatic heterocycles. The monoisotopic (exact) mass is 275 g/mol. The zero-order valence-electron chi connectivity index (χ0n) is 13.2. The van der Waals surface area contributed by atoms with E-state index in [-0.39, 0.29) is 0 Å². The Morgan fingerprint density at radius 3 is 2.35 bits per heavy atom. The molecule has 3 heteroatoms. The number of aryl methyl sites for hydroxylation is 1. The van der Waals surface area contributed by atoms with Crippen LogP contribution in [-0.2, 0) is 6.42 Å². The van der Waals surface area contributed by atoms with Gasteiger partial charge < -0.3 is 4.90 Å². The van der Waals surface area contributed by atoms with E-state index in [1.54, 1.807) is 0 Å². The van der Waals surface area contributed by atoms with Gasteiger partial charge in [0, 0.05) is 32.2 Å². The summed E-state index contributed by atoms with van der Waals surface area (Å²) >= 11 is 0. The van der Waals surface area contributed by atoms with Crippen LogP contribution in [0.25, 0.3) is 0 Å². The minimum Gasteiger partial charge on any atom is -0.304 e. The van der Waals surface area contributed by atoms with E-state index in [0.717, 1.165) is 26.2 Å². The van der Waals surface area contributed by atoms with E-state index in [0.29, 0.717) is 6.04 Å². The summed E-state index contributed by atoms with van der Waals surface area (Å²) in [7, 11) is 2.19. The Bertz CT molecular complexity index is 380. The molecule has 0 saturated carbocycles. The zero-order chi connectivity index (χ0) is 14.4. The molecule has 3 nitrogen and oxygen atoms in total. The lowest BCUT2D eigenvalue weighted by atomic mass is 10.0.